The number of nitrogens with two attached hydrogens (primary N) is 1. The Kier molecular flexibility index (Phi) is 3.49. The van der Waals surface area contributed by atoms with Crippen LogP contribution in [0.2, 0.25) is 0 Å². The second-order valence-corrected chi connectivity index (χ2v) is 4.93. The molecule has 2 rings (SSSR count). The van der Waals surface area contributed by atoms with Crippen molar-refractivity contribution in [2.45, 2.75) is 45.7 Å². The van der Waals surface area contributed by atoms with Crippen LogP contribution < -0.4 is 5.73 Å². The van der Waals surface area contributed by atoms with Crippen molar-refractivity contribution in [1.82, 2.24) is 14.7 Å². The van der Waals surface area contributed by atoms with Gasteiger partial charge in [0.15, 0.2) is 0 Å². The summed E-state index contributed by atoms with van der Waals surface area (Å²) in [7, 11) is 0. The first-order valence-electron chi connectivity index (χ1n) is 6.22. The summed E-state index contributed by atoms with van der Waals surface area (Å²) in [5, 5.41) is 4.35. The van der Waals surface area contributed by atoms with Gasteiger partial charge in [0.1, 0.15) is 5.82 Å². The van der Waals surface area contributed by atoms with Crippen LogP contribution in [-0.2, 0) is 6.54 Å². The van der Waals surface area contributed by atoms with E-state index in [2.05, 4.69) is 23.8 Å². The van der Waals surface area contributed by atoms with Crippen molar-refractivity contribution in [2.24, 2.45) is 0 Å². The van der Waals surface area contributed by atoms with E-state index in [9.17, 15) is 0 Å². The molecule has 0 unspecified atom stereocenters. The maximum Gasteiger partial charge on any atom is 0.126 e. The summed E-state index contributed by atoms with van der Waals surface area (Å²) in [5.74, 6) is 0.834. The molecule has 0 amide bonds. The molecule has 0 bridgehead atoms. The van der Waals surface area contributed by atoms with E-state index in [1.54, 1.807) is 0 Å². The minimum atomic E-state index is 0.343. The number of likely N-dealkylation sites (tertiary alicyclic amines) is 1. The van der Waals surface area contributed by atoms with E-state index in [0.717, 1.165) is 12.4 Å². The molecule has 1 aromatic heterocycles. The average molecular weight is 222 g/mol. The lowest BCUT2D eigenvalue weighted by Gasteiger charge is -2.26. The van der Waals surface area contributed by atoms with Crippen molar-refractivity contribution in [3.8, 4) is 0 Å². The number of aromatic nitrogens is 2. The molecule has 1 fully saturated rings. The van der Waals surface area contributed by atoms with E-state index in [0.29, 0.717) is 6.04 Å². The molecular weight excluding hydrogens is 200 g/mol. The zero-order chi connectivity index (χ0) is 11.5. The van der Waals surface area contributed by atoms with E-state index in [-0.39, 0.29) is 0 Å². The fourth-order valence-corrected chi connectivity index (χ4v) is 2.30. The molecule has 1 saturated heterocycles. The molecule has 2 N–H and O–H groups in total. The largest absolute Gasteiger partial charge is 0.384 e. The number of anilines is 1. The number of rotatable bonds is 3. The molecule has 1 aliphatic heterocycles. The Morgan fingerprint density at radius 2 is 2.00 bits per heavy atom. The Labute approximate surface area is 97.4 Å². The van der Waals surface area contributed by atoms with Crippen molar-refractivity contribution in [1.29, 1.82) is 0 Å². The standard InChI is InChI=1S/C12H22N4/c1-10(2)16-12(13)11(8-14-16)9-15-6-4-3-5-7-15/h8,10H,3-7,9,13H2,1-2H3. The highest BCUT2D eigenvalue weighted by molar-refractivity contribution is 5.38. The fraction of sp³-hybridized carbons (Fsp3) is 0.750. The molecule has 0 saturated carbocycles. The molecule has 16 heavy (non-hydrogen) atoms. The van der Waals surface area contributed by atoms with Crippen LogP contribution in [0.4, 0.5) is 5.82 Å². The number of nitrogen functional groups attached to an aromatic ring is 1. The summed E-state index contributed by atoms with van der Waals surface area (Å²) >= 11 is 0. The molecule has 1 aromatic rings. The van der Waals surface area contributed by atoms with Crippen molar-refractivity contribution in [3.05, 3.63) is 11.8 Å². The van der Waals surface area contributed by atoms with Crippen LogP contribution >= 0.6 is 0 Å². The molecule has 1 aliphatic rings. The van der Waals surface area contributed by atoms with Crippen LogP contribution in [0.1, 0.15) is 44.7 Å². The van der Waals surface area contributed by atoms with Crippen LogP contribution in [-0.4, -0.2) is 27.8 Å². The summed E-state index contributed by atoms with van der Waals surface area (Å²) in [6.45, 7) is 7.57. The maximum atomic E-state index is 6.10. The molecule has 0 aromatic carbocycles. The molecule has 0 radical (unpaired) electrons. The molecule has 90 valence electrons. The Bertz CT molecular complexity index is 337. The van der Waals surface area contributed by atoms with Gasteiger partial charge in [0.05, 0.1) is 6.20 Å². The predicted molar refractivity (Wildman–Crippen MR) is 66.2 cm³/mol. The van der Waals surface area contributed by atoms with Crippen LogP contribution in [0, 0.1) is 0 Å². The Balaban J connectivity index is 2.03. The number of piperidine rings is 1. The van der Waals surface area contributed by atoms with Crippen LogP contribution in [0.15, 0.2) is 6.20 Å². The van der Waals surface area contributed by atoms with Crippen LogP contribution in [0.3, 0.4) is 0 Å². The van der Waals surface area contributed by atoms with Gasteiger partial charge in [0.2, 0.25) is 0 Å². The van der Waals surface area contributed by atoms with E-state index < -0.39 is 0 Å². The molecule has 4 nitrogen and oxygen atoms in total. The Hall–Kier alpha value is -1.03. The molecule has 0 spiro atoms. The third-order valence-electron chi connectivity index (χ3n) is 3.25. The number of nitrogens with zero attached hydrogens (tertiary/aromatic N) is 3. The van der Waals surface area contributed by atoms with Crippen LogP contribution in [0.5, 0.6) is 0 Å². The monoisotopic (exact) mass is 222 g/mol. The fourth-order valence-electron chi connectivity index (χ4n) is 2.30. The highest BCUT2D eigenvalue weighted by Gasteiger charge is 2.15. The van der Waals surface area contributed by atoms with Crippen molar-refractivity contribution < 1.29 is 0 Å². The number of hydrogen-bond acceptors (Lipinski definition) is 3. The molecule has 4 heteroatoms. The first-order chi connectivity index (χ1) is 7.68. The second-order valence-electron chi connectivity index (χ2n) is 4.93. The predicted octanol–water partition coefficient (Wildman–Crippen LogP) is 2.03. The first kappa shape index (κ1) is 11.5. The zero-order valence-corrected chi connectivity index (χ0v) is 10.3. The summed E-state index contributed by atoms with van der Waals surface area (Å²) in [6.07, 6.45) is 5.93. The van der Waals surface area contributed by atoms with Gasteiger partial charge in [-0.25, -0.2) is 4.68 Å². The first-order valence-corrected chi connectivity index (χ1v) is 6.22. The molecule has 0 aliphatic carbocycles. The normalized spacial score (nSPS) is 18.2. The van der Waals surface area contributed by atoms with Crippen molar-refractivity contribution >= 4 is 5.82 Å². The third-order valence-corrected chi connectivity index (χ3v) is 3.25. The lowest BCUT2D eigenvalue weighted by Crippen LogP contribution is -2.29. The third kappa shape index (κ3) is 2.38. The minimum absolute atomic E-state index is 0.343. The number of hydrogen-bond donors (Lipinski definition) is 1. The average Bonchev–Trinajstić information content (AvgIpc) is 2.62. The lowest BCUT2D eigenvalue weighted by molar-refractivity contribution is 0.221. The quantitative estimate of drug-likeness (QED) is 0.851. The Morgan fingerprint density at radius 3 is 2.56 bits per heavy atom. The van der Waals surface area contributed by atoms with E-state index in [1.165, 1.54) is 37.9 Å². The highest BCUT2D eigenvalue weighted by atomic mass is 15.3. The van der Waals surface area contributed by atoms with Gasteiger partial charge in [-0.15, -0.1) is 0 Å². The van der Waals surface area contributed by atoms with Crippen LogP contribution in [0.25, 0.3) is 0 Å². The molecule has 0 atom stereocenters. The van der Waals surface area contributed by atoms with Gasteiger partial charge in [0, 0.05) is 18.2 Å². The molecular formula is C12H22N4. The summed E-state index contributed by atoms with van der Waals surface area (Å²) in [5.41, 5.74) is 7.27. The maximum absolute atomic E-state index is 6.10. The van der Waals surface area contributed by atoms with Gasteiger partial charge in [-0.2, -0.15) is 5.10 Å². The highest BCUT2D eigenvalue weighted by Crippen LogP contribution is 2.19. The summed E-state index contributed by atoms with van der Waals surface area (Å²) in [4.78, 5) is 2.47. The summed E-state index contributed by atoms with van der Waals surface area (Å²) < 4.78 is 1.90. The smallest absolute Gasteiger partial charge is 0.126 e. The van der Waals surface area contributed by atoms with Gasteiger partial charge in [0.25, 0.3) is 0 Å². The van der Waals surface area contributed by atoms with Gasteiger partial charge < -0.3 is 5.73 Å². The van der Waals surface area contributed by atoms with Gasteiger partial charge in [-0.3, -0.25) is 4.90 Å². The second kappa shape index (κ2) is 4.87. The van der Waals surface area contributed by atoms with E-state index in [1.807, 2.05) is 10.9 Å². The Morgan fingerprint density at radius 1 is 1.31 bits per heavy atom. The molecule has 2 heterocycles. The zero-order valence-electron chi connectivity index (χ0n) is 10.3. The van der Waals surface area contributed by atoms with Crippen molar-refractivity contribution in [3.63, 3.8) is 0 Å². The minimum Gasteiger partial charge on any atom is -0.384 e. The lowest BCUT2D eigenvalue weighted by atomic mass is 10.1. The van der Waals surface area contributed by atoms with E-state index in [4.69, 9.17) is 5.73 Å². The van der Waals surface area contributed by atoms with Crippen molar-refractivity contribution in [2.75, 3.05) is 18.8 Å². The van der Waals surface area contributed by atoms with Gasteiger partial charge in [-0.05, 0) is 39.8 Å². The SMILES string of the molecule is CC(C)n1ncc(CN2CCCCC2)c1N. The van der Waals surface area contributed by atoms with Gasteiger partial charge >= 0.3 is 0 Å². The van der Waals surface area contributed by atoms with Gasteiger partial charge in [-0.1, -0.05) is 6.42 Å². The van der Waals surface area contributed by atoms with E-state index >= 15 is 0 Å². The summed E-state index contributed by atoms with van der Waals surface area (Å²) in [6, 6.07) is 0.343. The topological polar surface area (TPSA) is 47.1 Å².